The Morgan fingerprint density at radius 2 is 1.93 bits per heavy atom. The number of nitrogens with zero attached hydrogens (tertiary/aromatic N) is 2. The van der Waals surface area contributed by atoms with Crippen LogP contribution in [0, 0.1) is 0 Å². The molecule has 0 saturated heterocycles. The van der Waals surface area contributed by atoms with Crippen molar-refractivity contribution in [2.75, 3.05) is 10.1 Å². The largest absolute Gasteiger partial charge is 0.316 e. The van der Waals surface area contributed by atoms with E-state index in [1.165, 1.54) is 29.6 Å². The van der Waals surface area contributed by atoms with Crippen molar-refractivity contribution < 1.29 is 22.0 Å². The first-order valence-electron chi connectivity index (χ1n) is 8.34. The molecule has 0 aliphatic carbocycles. The highest BCUT2D eigenvalue weighted by atomic mass is 35.5. The van der Waals surface area contributed by atoms with Gasteiger partial charge in [-0.25, -0.2) is 13.8 Å². The van der Waals surface area contributed by atoms with Gasteiger partial charge < -0.3 is 0 Å². The van der Waals surface area contributed by atoms with E-state index in [1.807, 2.05) is 5.43 Å². The van der Waals surface area contributed by atoms with Crippen LogP contribution in [0.25, 0.3) is 0 Å². The summed E-state index contributed by atoms with van der Waals surface area (Å²) in [4.78, 5) is 15.0. The zero-order valence-electron chi connectivity index (χ0n) is 15.2. The van der Waals surface area contributed by atoms with Gasteiger partial charge in [-0.05, 0) is 36.8 Å². The van der Waals surface area contributed by atoms with Gasteiger partial charge in [-0.1, -0.05) is 29.3 Å². The fourth-order valence-corrected chi connectivity index (χ4v) is 3.60. The van der Waals surface area contributed by atoms with Gasteiger partial charge in [-0.3, -0.25) is 19.5 Å². The number of hydrazine groups is 1. The van der Waals surface area contributed by atoms with E-state index in [-0.39, 0.29) is 23.9 Å². The van der Waals surface area contributed by atoms with Crippen LogP contribution >= 0.6 is 23.2 Å². The molecule has 12 heteroatoms. The van der Waals surface area contributed by atoms with Gasteiger partial charge in [0, 0.05) is 12.7 Å². The van der Waals surface area contributed by atoms with Crippen molar-refractivity contribution in [1.29, 1.82) is 0 Å². The Morgan fingerprint density at radius 3 is 2.48 bits per heavy atom. The molecule has 158 valence electrons. The van der Waals surface area contributed by atoms with Crippen molar-refractivity contribution in [2.24, 2.45) is 0 Å². The molecule has 0 aliphatic rings. The third-order valence-corrected chi connectivity index (χ3v) is 6.27. The Kier molecular flexibility index (Phi) is 8.14. The normalized spacial score (nSPS) is 11.5. The lowest BCUT2D eigenvalue weighted by molar-refractivity contribution is -0.132. The minimum Gasteiger partial charge on any atom is -0.286 e. The minimum absolute atomic E-state index is 0.0377. The van der Waals surface area contributed by atoms with E-state index in [2.05, 4.69) is 10.4 Å². The molecule has 7 nitrogen and oxygen atoms in total. The van der Waals surface area contributed by atoms with E-state index in [9.17, 15) is 22.0 Å². The van der Waals surface area contributed by atoms with Crippen LogP contribution in [0.2, 0.25) is 10.0 Å². The van der Waals surface area contributed by atoms with E-state index in [0.29, 0.717) is 22.0 Å². The van der Waals surface area contributed by atoms with Gasteiger partial charge in [-0.15, -0.1) is 0 Å². The molecule has 2 aromatic rings. The maximum Gasteiger partial charge on any atom is 0.316 e. The molecule has 2 N–H and O–H groups in total. The number of hydrogen-bond acceptors (Lipinski definition) is 5. The quantitative estimate of drug-likeness (QED) is 0.553. The molecule has 0 bridgehead atoms. The topological polar surface area (TPSA) is 91.4 Å². The van der Waals surface area contributed by atoms with Gasteiger partial charge in [0.1, 0.15) is 0 Å². The van der Waals surface area contributed by atoms with Gasteiger partial charge in [-0.2, -0.15) is 8.78 Å². The minimum atomic E-state index is -3.62. The first-order chi connectivity index (χ1) is 13.6. The molecule has 0 spiro atoms. The number of anilines is 1. The van der Waals surface area contributed by atoms with Gasteiger partial charge >= 0.3 is 12.3 Å². The number of pyridine rings is 1. The summed E-state index contributed by atoms with van der Waals surface area (Å²) in [6.45, 7) is 1.55. The number of nitrogens with one attached hydrogen (secondary N) is 2. The Hall–Kier alpha value is -2.01. The molecule has 1 heterocycles. The molecule has 0 fully saturated rings. The van der Waals surface area contributed by atoms with E-state index >= 15 is 0 Å². The molecule has 0 unspecified atom stereocenters. The predicted molar refractivity (Wildman–Crippen MR) is 107 cm³/mol. The molecule has 1 aromatic carbocycles. The SMILES string of the molecule is CCS(=O)(=O)N(Cc1ccc(CNNC(=O)C(F)F)cn1)c1ccc(Cl)c(Cl)c1. The second-order valence-electron chi connectivity index (χ2n) is 5.81. The lowest BCUT2D eigenvalue weighted by Gasteiger charge is -2.24. The summed E-state index contributed by atoms with van der Waals surface area (Å²) in [5.74, 6) is -1.56. The summed E-state index contributed by atoms with van der Waals surface area (Å²) < 4.78 is 50.5. The molecule has 1 aromatic heterocycles. The highest BCUT2D eigenvalue weighted by Gasteiger charge is 2.22. The summed E-state index contributed by atoms with van der Waals surface area (Å²) >= 11 is 11.9. The maximum atomic E-state index is 12.5. The predicted octanol–water partition coefficient (Wildman–Crippen LogP) is 3.13. The van der Waals surface area contributed by atoms with Gasteiger partial charge in [0.15, 0.2) is 0 Å². The number of sulfonamides is 1. The first kappa shape index (κ1) is 23.3. The molecular weight excluding hydrogens is 449 g/mol. The summed E-state index contributed by atoms with van der Waals surface area (Å²) in [6.07, 6.45) is -1.67. The summed E-state index contributed by atoms with van der Waals surface area (Å²) in [6, 6.07) is 7.75. The molecule has 0 radical (unpaired) electrons. The van der Waals surface area contributed by atoms with E-state index in [1.54, 1.807) is 18.2 Å². The second kappa shape index (κ2) is 10.1. The summed E-state index contributed by atoms with van der Waals surface area (Å²) in [5.41, 5.74) is 5.62. The number of alkyl halides is 2. The molecule has 0 saturated carbocycles. The van der Waals surface area contributed by atoms with E-state index in [0.717, 1.165) is 0 Å². The Bertz CT molecular complexity index is 960. The third-order valence-electron chi connectivity index (χ3n) is 3.79. The fourth-order valence-electron chi connectivity index (χ4n) is 2.23. The van der Waals surface area contributed by atoms with Crippen molar-refractivity contribution in [2.45, 2.75) is 26.4 Å². The monoisotopic (exact) mass is 466 g/mol. The van der Waals surface area contributed by atoms with Crippen LogP contribution in [0.3, 0.4) is 0 Å². The average molecular weight is 467 g/mol. The van der Waals surface area contributed by atoms with Crippen molar-refractivity contribution in [3.8, 4) is 0 Å². The van der Waals surface area contributed by atoms with Crippen LogP contribution in [0.4, 0.5) is 14.5 Å². The molecule has 1 amide bonds. The van der Waals surface area contributed by atoms with Gasteiger partial charge in [0.25, 0.3) is 0 Å². The zero-order valence-corrected chi connectivity index (χ0v) is 17.5. The van der Waals surface area contributed by atoms with Crippen LogP contribution < -0.4 is 15.2 Å². The number of amides is 1. The zero-order chi connectivity index (χ0) is 21.6. The number of aromatic nitrogens is 1. The van der Waals surface area contributed by atoms with E-state index < -0.39 is 22.4 Å². The van der Waals surface area contributed by atoms with Crippen LogP contribution in [-0.4, -0.2) is 31.5 Å². The Balaban J connectivity index is 2.13. The van der Waals surface area contributed by atoms with Gasteiger partial charge in [0.05, 0.1) is 33.7 Å². The standard InChI is InChI=1S/C17H18Cl2F2N4O3S/c1-2-29(27,28)25(13-5-6-14(18)15(19)7-13)10-12-4-3-11(8-22-12)9-23-24-17(26)16(20)21/h3-8,16,23H,2,9-10H2,1H3,(H,24,26). The van der Waals surface area contributed by atoms with Gasteiger partial charge in [0.2, 0.25) is 10.0 Å². The summed E-state index contributed by atoms with van der Waals surface area (Å²) in [7, 11) is -3.62. The molecule has 29 heavy (non-hydrogen) atoms. The molecular formula is C17H18Cl2F2N4O3S. The Labute approximate surface area is 177 Å². The number of halogens is 4. The van der Waals surface area contributed by atoms with Crippen molar-refractivity contribution in [1.82, 2.24) is 15.8 Å². The fraction of sp³-hybridized carbons (Fsp3) is 0.294. The smallest absolute Gasteiger partial charge is 0.286 e. The number of rotatable bonds is 9. The van der Waals surface area contributed by atoms with E-state index in [4.69, 9.17) is 23.2 Å². The van der Waals surface area contributed by atoms with Crippen molar-refractivity contribution >= 4 is 44.8 Å². The lowest BCUT2D eigenvalue weighted by atomic mass is 10.2. The number of hydrogen-bond donors (Lipinski definition) is 2. The number of benzene rings is 1. The number of carbonyl (C=O) groups is 1. The highest BCUT2D eigenvalue weighted by Crippen LogP contribution is 2.29. The molecule has 2 rings (SSSR count). The Morgan fingerprint density at radius 1 is 1.21 bits per heavy atom. The second-order valence-corrected chi connectivity index (χ2v) is 8.80. The molecule has 0 atom stereocenters. The van der Waals surface area contributed by atoms with Crippen LogP contribution in [-0.2, 0) is 27.9 Å². The summed E-state index contributed by atoms with van der Waals surface area (Å²) in [5, 5.41) is 0.527. The third kappa shape index (κ3) is 6.49. The van der Waals surface area contributed by atoms with Crippen LogP contribution in [0.15, 0.2) is 36.5 Å². The average Bonchev–Trinajstić information content (AvgIpc) is 2.69. The lowest BCUT2D eigenvalue weighted by Crippen LogP contribution is -2.40. The van der Waals surface area contributed by atoms with Crippen LogP contribution in [0.5, 0.6) is 0 Å². The van der Waals surface area contributed by atoms with Crippen LogP contribution in [0.1, 0.15) is 18.2 Å². The first-order valence-corrected chi connectivity index (χ1v) is 10.7. The number of carbonyl (C=O) groups excluding carboxylic acids is 1. The van der Waals surface area contributed by atoms with Crippen molar-refractivity contribution in [3.63, 3.8) is 0 Å². The highest BCUT2D eigenvalue weighted by molar-refractivity contribution is 7.92. The van der Waals surface area contributed by atoms with Crippen molar-refractivity contribution in [3.05, 3.63) is 57.8 Å². The molecule has 0 aliphatic heterocycles. The maximum absolute atomic E-state index is 12.5.